The van der Waals surface area contributed by atoms with Gasteiger partial charge in [0.2, 0.25) is 0 Å². The molecule has 1 atom stereocenters. The SMILES string of the molecule is CCC(CC)C(Sc1cccc(Br)c1)C(=O)O. The van der Waals surface area contributed by atoms with Crippen molar-refractivity contribution in [2.75, 3.05) is 0 Å². The Labute approximate surface area is 115 Å². The quantitative estimate of drug-likeness (QED) is 0.789. The Balaban J connectivity index is 2.83. The van der Waals surface area contributed by atoms with Crippen molar-refractivity contribution in [2.24, 2.45) is 5.92 Å². The highest BCUT2D eigenvalue weighted by Gasteiger charge is 2.26. The van der Waals surface area contributed by atoms with Crippen LogP contribution in [0, 0.1) is 5.92 Å². The predicted octanol–water partition coefficient (Wildman–Crippen LogP) is 4.43. The molecule has 0 fully saturated rings. The van der Waals surface area contributed by atoms with Crippen molar-refractivity contribution in [2.45, 2.75) is 36.8 Å². The van der Waals surface area contributed by atoms with Gasteiger partial charge in [-0.15, -0.1) is 11.8 Å². The summed E-state index contributed by atoms with van der Waals surface area (Å²) in [6.07, 6.45) is 1.79. The topological polar surface area (TPSA) is 37.3 Å². The fourth-order valence-corrected chi connectivity index (χ4v) is 3.63. The monoisotopic (exact) mass is 316 g/mol. The molecule has 17 heavy (non-hydrogen) atoms. The van der Waals surface area contributed by atoms with Crippen molar-refractivity contribution in [1.82, 2.24) is 0 Å². The molecular weight excluding hydrogens is 300 g/mol. The molecule has 0 aromatic heterocycles. The van der Waals surface area contributed by atoms with Crippen LogP contribution in [-0.4, -0.2) is 16.3 Å². The first-order valence-corrected chi connectivity index (χ1v) is 7.40. The third kappa shape index (κ3) is 4.36. The molecule has 4 heteroatoms. The molecule has 0 saturated carbocycles. The van der Waals surface area contributed by atoms with E-state index in [2.05, 4.69) is 15.9 Å². The molecule has 2 nitrogen and oxygen atoms in total. The highest BCUT2D eigenvalue weighted by molar-refractivity contribution is 9.10. The summed E-state index contributed by atoms with van der Waals surface area (Å²) in [7, 11) is 0. The largest absolute Gasteiger partial charge is 0.480 e. The van der Waals surface area contributed by atoms with E-state index in [9.17, 15) is 9.90 Å². The molecular formula is C13H17BrO2S. The summed E-state index contributed by atoms with van der Waals surface area (Å²) < 4.78 is 0.983. The Hall–Kier alpha value is -0.480. The Morgan fingerprint density at radius 2 is 2.06 bits per heavy atom. The third-order valence-electron chi connectivity index (χ3n) is 2.78. The molecule has 0 saturated heterocycles. The summed E-state index contributed by atoms with van der Waals surface area (Å²) in [5.74, 6) is -0.500. The number of carboxylic acid groups (broad SMARTS) is 1. The number of carbonyl (C=O) groups is 1. The van der Waals surface area contributed by atoms with Crippen molar-refractivity contribution >= 4 is 33.7 Å². The predicted molar refractivity (Wildman–Crippen MR) is 75.5 cm³/mol. The molecule has 0 amide bonds. The lowest BCUT2D eigenvalue weighted by Gasteiger charge is -2.20. The maximum atomic E-state index is 11.3. The molecule has 1 aromatic carbocycles. The minimum absolute atomic E-state index is 0.219. The van der Waals surface area contributed by atoms with Crippen molar-refractivity contribution in [3.8, 4) is 0 Å². The molecule has 0 aliphatic rings. The standard InChI is InChI=1S/C13H17BrO2S/c1-3-9(4-2)12(13(15)16)17-11-7-5-6-10(14)8-11/h5-9,12H,3-4H2,1-2H3,(H,15,16). The van der Waals surface area contributed by atoms with Crippen LogP contribution in [0.1, 0.15) is 26.7 Å². The lowest BCUT2D eigenvalue weighted by Crippen LogP contribution is -2.25. The van der Waals surface area contributed by atoms with Crippen molar-refractivity contribution in [3.05, 3.63) is 28.7 Å². The number of hydrogen-bond donors (Lipinski definition) is 1. The number of carboxylic acids is 1. The number of aliphatic carboxylic acids is 1. The molecule has 1 N–H and O–H groups in total. The zero-order chi connectivity index (χ0) is 12.8. The van der Waals surface area contributed by atoms with E-state index in [-0.39, 0.29) is 11.2 Å². The van der Waals surface area contributed by atoms with E-state index in [1.807, 2.05) is 38.1 Å². The Kier molecular flexibility index (Phi) is 6.06. The van der Waals surface area contributed by atoms with Crippen LogP contribution in [0.15, 0.2) is 33.6 Å². The Bertz CT molecular complexity index is 377. The summed E-state index contributed by atoms with van der Waals surface area (Å²) in [5.41, 5.74) is 0. The Morgan fingerprint density at radius 3 is 2.53 bits per heavy atom. The zero-order valence-corrected chi connectivity index (χ0v) is 12.4. The second-order valence-electron chi connectivity index (χ2n) is 3.91. The fraction of sp³-hybridized carbons (Fsp3) is 0.462. The molecule has 94 valence electrons. The van der Waals surface area contributed by atoms with Crippen LogP contribution in [-0.2, 0) is 4.79 Å². The number of thioether (sulfide) groups is 1. The van der Waals surface area contributed by atoms with E-state index in [1.54, 1.807) is 0 Å². The lowest BCUT2D eigenvalue weighted by atomic mass is 9.99. The van der Waals surface area contributed by atoms with Gasteiger partial charge in [0.25, 0.3) is 0 Å². The minimum Gasteiger partial charge on any atom is -0.480 e. The zero-order valence-electron chi connectivity index (χ0n) is 10.0. The van der Waals surface area contributed by atoms with Gasteiger partial charge >= 0.3 is 5.97 Å². The minimum atomic E-state index is -0.719. The van der Waals surface area contributed by atoms with Gasteiger partial charge in [-0.1, -0.05) is 48.7 Å². The maximum absolute atomic E-state index is 11.3. The number of halogens is 1. The van der Waals surface area contributed by atoms with Gasteiger partial charge in [0.1, 0.15) is 5.25 Å². The first kappa shape index (κ1) is 14.6. The summed E-state index contributed by atoms with van der Waals surface area (Å²) >= 11 is 4.84. The molecule has 1 aromatic rings. The first-order chi connectivity index (χ1) is 8.08. The molecule has 0 aliphatic carbocycles. The van der Waals surface area contributed by atoms with E-state index in [0.717, 1.165) is 22.2 Å². The van der Waals surface area contributed by atoms with Crippen LogP contribution in [0.3, 0.4) is 0 Å². The van der Waals surface area contributed by atoms with Gasteiger partial charge in [0.05, 0.1) is 0 Å². The molecule has 1 unspecified atom stereocenters. The number of rotatable bonds is 6. The molecule has 1 rings (SSSR count). The summed E-state index contributed by atoms with van der Waals surface area (Å²) in [6, 6.07) is 7.78. The summed E-state index contributed by atoms with van der Waals surface area (Å²) in [5, 5.41) is 8.94. The van der Waals surface area contributed by atoms with Crippen LogP contribution >= 0.6 is 27.7 Å². The molecule has 0 bridgehead atoms. The second-order valence-corrected chi connectivity index (χ2v) is 6.04. The maximum Gasteiger partial charge on any atom is 0.317 e. The molecule has 0 heterocycles. The van der Waals surface area contributed by atoms with E-state index in [0.29, 0.717) is 0 Å². The van der Waals surface area contributed by atoms with Gasteiger partial charge in [-0.05, 0) is 24.1 Å². The average Bonchev–Trinajstić information content (AvgIpc) is 2.29. The van der Waals surface area contributed by atoms with Gasteiger partial charge < -0.3 is 5.11 Å². The van der Waals surface area contributed by atoms with Crippen LogP contribution in [0.2, 0.25) is 0 Å². The van der Waals surface area contributed by atoms with E-state index >= 15 is 0 Å². The smallest absolute Gasteiger partial charge is 0.317 e. The van der Waals surface area contributed by atoms with E-state index in [4.69, 9.17) is 0 Å². The highest BCUT2D eigenvalue weighted by atomic mass is 79.9. The highest BCUT2D eigenvalue weighted by Crippen LogP contribution is 2.32. The third-order valence-corrected chi connectivity index (χ3v) is 4.64. The number of benzene rings is 1. The van der Waals surface area contributed by atoms with Crippen molar-refractivity contribution in [3.63, 3.8) is 0 Å². The lowest BCUT2D eigenvalue weighted by molar-refractivity contribution is -0.137. The average molecular weight is 317 g/mol. The van der Waals surface area contributed by atoms with Crippen molar-refractivity contribution in [1.29, 1.82) is 0 Å². The Morgan fingerprint density at radius 1 is 1.41 bits per heavy atom. The molecule has 0 radical (unpaired) electrons. The number of hydrogen-bond acceptors (Lipinski definition) is 2. The molecule has 0 aliphatic heterocycles. The first-order valence-electron chi connectivity index (χ1n) is 5.73. The van der Waals surface area contributed by atoms with Crippen LogP contribution in [0.5, 0.6) is 0 Å². The van der Waals surface area contributed by atoms with Gasteiger partial charge in [-0.3, -0.25) is 4.79 Å². The van der Waals surface area contributed by atoms with Crippen LogP contribution in [0.25, 0.3) is 0 Å². The van der Waals surface area contributed by atoms with Gasteiger partial charge in [-0.25, -0.2) is 0 Å². The normalized spacial score (nSPS) is 12.7. The summed E-state index contributed by atoms with van der Waals surface area (Å²) in [6.45, 7) is 4.09. The fourth-order valence-electron chi connectivity index (χ4n) is 1.75. The van der Waals surface area contributed by atoms with E-state index < -0.39 is 5.97 Å². The van der Waals surface area contributed by atoms with Crippen molar-refractivity contribution < 1.29 is 9.90 Å². The molecule has 0 spiro atoms. The van der Waals surface area contributed by atoms with Gasteiger partial charge in [0.15, 0.2) is 0 Å². The van der Waals surface area contributed by atoms with Gasteiger partial charge in [0, 0.05) is 9.37 Å². The second kappa shape index (κ2) is 7.07. The van der Waals surface area contributed by atoms with Crippen LogP contribution in [0.4, 0.5) is 0 Å². The van der Waals surface area contributed by atoms with Gasteiger partial charge in [-0.2, -0.15) is 0 Å². The van der Waals surface area contributed by atoms with E-state index in [1.165, 1.54) is 11.8 Å². The summed E-state index contributed by atoms with van der Waals surface area (Å²) in [4.78, 5) is 12.3. The van der Waals surface area contributed by atoms with Crippen LogP contribution < -0.4 is 0 Å².